The Morgan fingerprint density at radius 3 is 2.63 bits per heavy atom. The average molecular weight is 455 g/mol. The predicted molar refractivity (Wildman–Crippen MR) is 90.7 cm³/mol. The summed E-state index contributed by atoms with van der Waals surface area (Å²) in [6, 6.07) is 6.62. The lowest BCUT2D eigenvalue weighted by Crippen LogP contribution is -1.99. The van der Waals surface area contributed by atoms with E-state index in [1.807, 2.05) is 35.6 Å². The smallest absolute Gasteiger partial charge is 0.138 e. The van der Waals surface area contributed by atoms with Crippen LogP contribution in [0, 0.1) is 16.3 Å². The van der Waals surface area contributed by atoms with Gasteiger partial charge in [0.1, 0.15) is 5.82 Å². The molecule has 2 nitrogen and oxygen atoms in total. The first-order chi connectivity index (χ1) is 8.88. The normalized spacial score (nSPS) is 10.6. The van der Waals surface area contributed by atoms with Crippen LogP contribution >= 0.6 is 50.1 Å². The monoisotopic (exact) mass is 454 g/mol. The van der Waals surface area contributed by atoms with Crippen LogP contribution in [0.4, 0.5) is 21.5 Å². The van der Waals surface area contributed by atoms with Crippen molar-refractivity contribution in [1.29, 1.82) is 0 Å². The van der Waals surface area contributed by atoms with Crippen molar-refractivity contribution in [3.63, 3.8) is 0 Å². The van der Waals surface area contributed by atoms with E-state index in [2.05, 4.69) is 21.2 Å². The molecule has 2 aromatic rings. The lowest BCUT2D eigenvalue weighted by atomic mass is 10.2. The largest absolute Gasteiger partial charge is 0.397 e. The van der Waals surface area contributed by atoms with Gasteiger partial charge in [-0.15, -0.1) is 0 Å². The predicted octanol–water partition coefficient (Wildman–Crippen LogP) is 5.48. The van der Waals surface area contributed by atoms with Crippen LogP contribution in [0.25, 0.3) is 0 Å². The lowest BCUT2D eigenvalue weighted by Gasteiger charge is -2.13. The standard InChI is InChI=1S/C13H10BrClFIN2/c1-6-2-7(14)12(3-8(6)15)19-13-4-9(16)10(17)5-11(13)18/h2-5,19H,18H2,1H3. The maximum absolute atomic E-state index is 13.6. The Hall–Kier alpha value is -0.530. The molecular weight excluding hydrogens is 445 g/mol. The van der Waals surface area contributed by atoms with E-state index < -0.39 is 0 Å². The number of aryl methyl sites for hydroxylation is 1. The van der Waals surface area contributed by atoms with Gasteiger partial charge in [-0.25, -0.2) is 4.39 Å². The van der Waals surface area contributed by atoms with Gasteiger partial charge in [-0.05, 0) is 69.2 Å². The molecule has 2 rings (SSSR count). The highest BCUT2D eigenvalue weighted by Gasteiger charge is 2.09. The molecule has 19 heavy (non-hydrogen) atoms. The second-order valence-electron chi connectivity index (χ2n) is 4.06. The summed E-state index contributed by atoms with van der Waals surface area (Å²) in [5.74, 6) is -0.313. The zero-order valence-corrected chi connectivity index (χ0v) is 14.4. The second kappa shape index (κ2) is 5.85. The van der Waals surface area contributed by atoms with Crippen LogP contribution < -0.4 is 11.1 Å². The highest BCUT2D eigenvalue weighted by Crippen LogP contribution is 2.34. The van der Waals surface area contributed by atoms with Gasteiger partial charge in [0.2, 0.25) is 0 Å². The summed E-state index contributed by atoms with van der Waals surface area (Å²) < 4.78 is 14.9. The fraction of sp³-hybridized carbons (Fsp3) is 0.0769. The van der Waals surface area contributed by atoms with E-state index in [0.29, 0.717) is 20.0 Å². The average Bonchev–Trinajstić information content (AvgIpc) is 2.32. The van der Waals surface area contributed by atoms with Gasteiger partial charge in [0.25, 0.3) is 0 Å². The van der Waals surface area contributed by atoms with Crippen molar-refractivity contribution >= 4 is 67.2 Å². The molecule has 0 radical (unpaired) electrons. The number of nitrogen functional groups attached to an aromatic ring is 1. The zero-order valence-electron chi connectivity index (χ0n) is 9.90. The van der Waals surface area contributed by atoms with Crippen LogP contribution in [-0.2, 0) is 0 Å². The highest BCUT2D eigenvalue weighted by molar-refractivity contribution is 14.1. The number of nitrogens with one attached hydrogen (secondary N) is 1. The number of nitrogens with two attached hydrogens (primary N) is 1. The Kier molecular flexibility index (Phi) is 4.58. The molecule has 0 saturated heterocycles. The summed E-state index contributed by atoms with van der Waals surface area (Å²) in [4.78, 5) is 0. The summed E-state index contributed by atoms with van der Waals surface area (Å²) >= 11 is 11.4. The molecule has 0 fully saturated rings. The number of benzene rings is 2. The third kappa shape index (κ3) is 3.32. The van der Waals surface area contributed by atoms with Gasteiger partial charge >= 0.3 is 0 Å². The fourth-order valence-corrected chi connectivity index (χ4v) is 2.77. The summed E-state index contributed by atoms with van der Waals surface area (Å²) in [5, 5.41) is 3.71. The molecule has 0 atom stereocenters. The van der Waals surface area contributed by atoms with Crippen LogP contribution in [0.2, 0.25) is 5.02 Å². The minimum Gasteiger partial charge on any atom is -0.397 e. The molecule has 0 saturated carbocycles. The molecule has 0 spiro atoms. The van der Waals surface area contributed by atoms with Crippen molar-refractivity contribution in [3.05, 3.63) is 48.7 Å². The van der Waals surface area contributed by atoms with E-state index in [1.165, 1.54) is 6.07 Å². The van der Waals surface area contributed by atoms with Crippen molar-refractivity contribution in [2.24, 2.45) is 0 Å². The minimum atomic E-state index is -0.313. The number of halogens is 4. The first-order valence-electron chi connectivity index (χ1n) is 5.35. The SMILES string of the molecule is Cc1cc(Br)c(Nc2cc(F)c(I)cc2N)cc1Cl. The molecule has 100 valence electrons. The Bertz CT molecular complexity index is 594. The van der Waals surface area contributed by atoms with E-state index in [-0.39, 0.29) is 5.82 Å². The molecule has 0 aromatic heterocycles. The van der Waals surface area contributed by atoms with Crippen molar-refractivity contribution in [3.8, 4) is 0 Å². The van der Waals surface area contributed by atoms with Crippen LogP contribution in [0.15, 0.2) is 28.7 Å². The number of hydrogen-bond acceptors (Lipinski definition) is 2. The molecule has 0 heterocycles. The van der Waals surface area contributed by atoms with Gasteiger partial charge in [-0.2, -0.15) is 0 Å². The summed E-state index contributed by atoms with van der Waals surface area (Å²) in [6.07, 6.45) is 0. The summed E-state index contributed by atoms with van der Waals surface area (Å²) in [7, 11) is 0. The number of hydrogen-bond donors (Lipinski definition) is 2. The van der Waals surface area contributed by atoms with Crippen LogP contribution in [-0.4, -0.2) is 0 Å². The van der Waals surface area contributed by atoms with Crippen LogP contribution in [0.5, 0.6) is 0 Å². The van der Waals surface area contributed by atoms with E-state index in [0.717, 1.165) is 15.7 Å². The molecule has 3 N–H and O–H groups in total. The van der Waals surface area contributed by atoms with Gasteiger partial charge in [-0.1, -0.05) is 11.6 Å². The summed E-state index contributed by atoms with van der Waals surface area (Å²) in [5.41, 5.74) is 8.57. The van der Waals surface area contributed by atoms with Gasteiger partial charge in [0.15, 0.2) is 0 Å². The molecule has 0 bridgehead atoms. The molecule has 0 amide bonds. The molecular formula is C13H10BrClFIN2. The molecule has 2 aromatic carbocycles. The van der Waals surface area contributed by atoms with Crippen molar-refractivity contribution < 1.29 is 4.39 Å². The maximum atomic E-state index is 13.6. The molecule has 6 heteroatoms. The lowest BCUT2D eigenvalue weighted by molar-refractivity contribution is 0.621. The first kappa shape index (κ1) is 14.9. The van der Waals surface area contributed by atoms with E-state index in [4.69, 9.17) is 17.3 Å². The first-order valence-corrected chi connectivity index (χ1v) is 7.60. The third-order valence-electron chi connectivity index (χ3n) is 2.61. The summed E-state index contributed by atoms with van der Waals surface area (Å²) in [6.45, 7) is 1.91. The van der Waals surface area contributed by atoms with Crippen molar-refractivity contribution in [2.75, 3.05) is 11.1 Å². The highest BCUT2D eigenvalue weighted by atomic mass is 127. The van der Waals surface area contributed by atoms with Gasteiger partial charge in [0.05, 0.1) is 20.6 Å². The van der Waals surface area contributed by atoms with Gasteiger partial charge in [-0.3, -0.25) is 0 Å². The Morgan fingerprint density at radius 2 is 1.95 bits per heavy atom. The van der Waals surface area contributed by atoms with Gasteiger partial charge in [0, 0.05) is 15.6 Å². The number of rotatable bonds is 2. The topological polar surface area (TPSA) is 38.0 Å². The van der Waals surface area contributed by atoms with E-state index in [9.17, 15) is 4.39 Å². The quantitative estimate of drug-likeness (QED) is 0.465. The Labute approximate surface area is 137 Å². The second-order valence-corrected chi connectivity index (χ2v) is 6.48. The van der Waals surface area contributed by atoms with Crippen LogP contribution in [0.3, 0.4) is 0 Å². The Morgan fingerprint density at radius 1 is 1.26 bits per heavy atom. The molecule has 0 aliphatic carbocycles. The van der Waals surface area contributed by atoms with E-state index >= 15 is 0 Å². The van der Waals surface area contributed by atoms with E-state index in [1.54, 1.807) is 12.1 Å². The van der Waals surface area contributed by atoms with Crippen molar-refractivity contribution in [2.45, 2.75) is 6.92 Å². The molecule has 0 unspecified atom stereocenters. The fourth-order valence-electron chi connectivity index (χ4n) is 1.56. The van der Waals surface area contributed by atoms with Gasteiger partial charge < -0.3 is 11.1 Å². The molecule has 0 aliphatic rings. The zero-order chi connectivity index (χ0) is 14.2. The van der Waals surface area contributed by atoms with Crippen molar-refractivity contribution in [1.82, 2.24) is 0 Å². The minimum absolute atomic E-state index is 0.313. The third-order valence-corrected chi connectivity index (χ3v) is 4.50. The maximum Gasteiger partial charge on any atom is 0.138 e. The Balaban J connectivity index is 2.42. The molecule has 0 aliphatic heterocycles. The number of anilines is 3. The van der Waals surface area contributed by atoms with Crippen LogP contribution in [0.1, 0.15) is 5.56 Å².